The largest absolute Gasteiger partial charge is 0.356 e. The molecular weight excluding hydrogens is 308 g/mol. The van der Waals surface area contributed by atoms with Gasteiger partial charge < -0.3 is 9.42 Å². The second-order valence-electron chi connectivity index (χ2n) is 7.18. The second-order valence-corrected chi connectivity index (χ2v) is 7.18. The van der Waals surface area contributed by atoms with E-state index in [1.165, 1.54) is 49.8 Å². The summed E-state index contributed by atoms with van der Waals surface area (Å²) < 4.78 is 5.42. The number of nitrogens with zero attached hydrogens (tertiary/aromatic N) is 2. The van der Waals surface area contributed by atoms with E-state index < -0.39 is 0 Å². The van der Waals surface area contributed by atoms with Gasteiger partial charge in [0.05, 0.1) is 5.69 Å². The SMILES string of the molecule is c1ccc(CCN2CCC(CCc3noc4ccccc34)CC2)cc1. The highest BCUT2D eigenvalue weighted by atomic mass is 16.5. The Morgan fingerprint density at radius 3 is 2.52 bits per heavy atom. The van der Waals surface area contributed by atoms with Gasteiger partial charge in [0.15, 0.2) is 5.58 Å². The van der Waals surface area contributed by atoms with Crippen molar-refractivity contribution in [3.05, 3.63) is 65.9 Å². The van der Waals surface area contributed by atoms with Crippen molar-refractivity contribution in [3.8, 4) is 0 Å². The normalized spacial score (nSPS) is 16.5. The van der Waals surface area contributed by atoms with Gasteiger partial charge >= 0.3 is 0 Å². The van der Waals surface area contributed by atoms with Crippen molar-refractivity contribution < 1.29 is 4.52 Å². The third-order valence-corrected chi connectivity index (χ3v) is 5.51. The first-order valence-electron chi connectivity index (χ1n) is 9.48. The third-order valence-electron chi connectivity index (χ3n) is 5.51. The first kappa shape index (κ1) is 16.3. The predicted octanol–water partition coefficient (Wildman–Crippen LogP) is 4.72. The molecule has 25 heavy (non-hydrogen) atoms. The quantitative estimate of drug-likeness (QED) is 0.653. The van der Waals surface area contributed by atoms with Crippen molar-refractivity contribution in [2.24, 2.45) is 5.92 Å². The molecule has 4 rings (SSSR count). The van der Waals surface area contributed by atoms with Crippen LogP contribution in [0, 0.1) is 5.92 Å². The van der Waals surface area contributed by atoms with Crippen LogP contribution in [0.5, 0.6) is 0 Å². The number of benzene rings is 2. The van der Waals surface area contributed by atoms with Gasteiger partial charge in [-0.1, -0.05) is 47.6 Å². The first-order valence-corrected chi connectivity index (χ1v) is 9.48. The Kier molecular flexibility index (Phi) is 5.12. The fourth-order valence-corrected chi connectivity index (χ4v) is 3.89. The Balaban J connectivity index is 1.22. The number of para-hydroxylation sites is 1. The van der Waals surface area contributed by atoms with E-state index in [9.17, 15) is 0 Å². The highest BCUT2D eigenvalue weighted by Crippen LogP contribution is 2.25. The van der Waals surface area contributed by atoms with Crippen LogP contribution in [-0.4, -0.2) is 29.7 Å². The van der Waals surface area contributed by atoms with Gasteiger partial charge in [0.2, 0.25) is 0 Å². The molecule has 0 saturated carbocycles. The molecule has 130 valence electrons. The van der Waals surface area contributed by atoms with Crippen molar-refractivity contribution >= 4 is 11.0 Å². The maximum atomic E-state index is 5.42. The fraction of sp³-hybridized carbons (Fsp3) is 0.409. The number of rotatable bonds is 6. The molecule has 0 bridgehead atoms. The molecule has 3 heteroatoms. The zero-order valence-corrected chi connectivity index (χ0v) is 14.7. The average molecular weight is 334 g/mol. The van der Waals surface area contributed by atoms with E-state index in [-0.39, 0.29) is 0 Å². The molecule has 1 aliphatic heterocycles. The molecule has 0 amide bonds. The van der Waals surface area contributed by atoms with E-state index in [0.29, 0.717) is 0 Å². The molecule has 0 N–H and O–H groups in total. The highest BCUT2D eigenvalue weighted by Gasteiger charge is 2.19. The van der Waals surface area contributed by atoms with Crippen LogP contribution in [0.3, 0.4) is 0 Å². The molecule has 3 nitrogen and oxygen atoms in total. The topological polar surface area (TPSA) is 29.3 Å². The minimum Gasteiger partial charge on any atom is -0.356 e. The van der Waals surface area contributed by atoms with E-state index in [2.05, 4.69) is 52.5 Å². The maximum absolute atomic E-state index is 5.42. The zero-order chi connectivity index (χ0) is 16.9. The van der Waals surface area contributed by atoms with Crippen molar-refractivity contribution in [3.63, 3.8) is 0 Å². The summed E-state index contributed by atoms with van der Waals surface area (Å²) in [6.45, 7) is 3.65. The summed E-state index contributed by atoms with van der Waals surface area (Å²) in [6, 6.07) is 19.0. The summed E-state index contributed by atoms with van der Waals surface area (Å²) in [5.41, 5.74) is 3.48. The Morgan fingerprint density at radius 1 is 0.920 bits per heavy atom. The summed E-state index contributed by atoms with van der Waals surface area (Å²) in [7, 11) is 0. The van der Waals surface area contributed by atoms with Crippen molar-refractivity contribution in [1.29, 1.82) is 0 Å². The Labute approximate surface area is 149 Å². The third kappa shape index (κ3) is 4.10. The summed E-state index contributed by atoms with van der Waals surface area (Å²) in [6.07, 6.45) is 6.04. The Hall–Kier alpha value is -2.13. The van der Waals surface area contributed by atoms with Crippen molar-refractivity contribution in [2.75, 3.05) is 19.6 Å². The lowest BCUT2D eigenvalue weighted by Crippen LogP contribution is -2.35. The molecule has 0 unspecified atom stereocenters. The number of aryl methyl sites for hydroxylation is 1. The monoisotopic (exact) mass is 334 g/mol. The highest BCUT2D eigenvalue weighted by molar-refractivity contribution is 5.79. The molecule has 2 heterocycles. The second kappa shape index (κ2) is 7.83. The van der Waals surface area contributed by atoms with Crippen LogP contribution in [0.4, 0.5) is 0 Å². The van der Waals surface area contributed by atoms with Gasteiger partial charge in [0, 0.05) is 11.9 Å². The number of aromatic nitrogens is 1. The predicted molar refractivity (Wildman–Crippen MR) is 102 cm³/mol. The molecule has 0 spiro atoms. The molecule has 1 aliphatic rings. The Bertz CT molecular complexity index is 788. The summed E-state index contributed by atoms with van der Waals surface area (Å²) in [5.74, 6) is 0.823. The lowest BCUT2D eigenvalue weighted by molar-refractivity contribution is 0.180. The van der Waals surface area contributed by atoms with Crippen LogP contribution in [-0.2, 0) is 12.8 Å². The van der Waals surface area contributed by atoms with Gasteiger partial charge in [-0.2, -0.15) is 0 Å². The number of hydrogen-bond acceptors (Lipinski definition) is 3. The van der Waals surface area contributed by atoms with E-state index in [1.54, 1.807) is 0 Å². The minimum absolute atomic E-state index is 0.823. The molecule has 2 aromatic carbocycles. The van der Waals surface area contributed by atoms with Crippen molar-refractivity contribution in [1.82, 2.24) is 10.1 Å². The standard InChI is InChI=1S/C22H26N2O/c1-2-6-18(7-3-1)12-15-24-16-13-19(14-17-24)10-11-21-20-8-4-5-9-22(20)25-23-21/h1-9,19H,10-17H2. The molecule has 1 fully saturated rings. The number of piperidine rings is 1. The van der Waals surface area contributed by atoms with Crippen LogP contribution in [0.2, 0.25) is 0 Å². The molecule has 1 saturated heterocycles. The van der Waals surface area contributed by atoms with Crippen LogP contribution >= 0.6 is 0 Å². The number of likely N-dealkylation sites (tertiary alicyclic amines) is 1. The number of hydrogen-bond donors (Lipinski definition) is 0. The van der Waals surface area contributed by atoms with Gasteiger partial charge in [-0.05, 0) is 68.8 Å². The molecule has 0 aliphatic carbocycles. The molecular formula is C22H26N2O. The van der Waals surface area contributed by atoms with Crippen molar-refractivity contribution in [2.45, 2.75) is 32.1 Å². The van der Waals surface area contributed by atoms with Gasteiger partial charge in [-0.25, -0.2) is 0 Å². The average Bonchev–Trinajstić information content (AvgIpc) is 3.10. The molecule has 1 aromatic heterocycles. The first-order chi connectivity index (χ1) is 12.4. The lowest BCUT2D eigenvalue weighted by atomic mass is 9.91. The van der Waals surface area contributed by atoms with Gasteiger partial charge in [-0.3, -0.25) is 0 Å². The zero-order valence-electron chi connectivity index (χ0n) is 14.7. The van der Waals surface area contributed by atoms with Crippen LogP contribution in [0.25, 0.3) is 11.0 Å². The number of fused-ring (bicyclic) bond motifs is 1. The van der Waals surface area contributed by atoms with Crippen LogP contribution in [0.15, 0.2) is 59.1 Å². The van der Waals surface area contributed by atoms with Gasteiger partial charge in [0.1, 0.15) is 0 Å². The van der Waals surface area contributed by atoms with E-state index >= 15 is 0 Å². The van der Waals surface area contributed by atoms with E-state index in [4.69, 9.17) is 4.52 Å². The lowest BCUT2D eigenvalue weighted by Gasteiger charge is -2.31. The van der Waals surface area contributed by atoms with Crippen LogP contribution in [0.1, 0.15) is 30.5 Å². The summed E-state index contributed by atoms with van der Waals surface area (Å²) in [4.78, 5) is 2.62. The van der Waals surface area contributed by atoms with Gasteiger partial charge in [0.25, 0.3) is 0 Å². The maximum Gasteiger partial charge on any atom is 0.167 e. The summed E-state index contributed by atoms with van der Waals surface area (Å²) in [5, 5.41) is 5.46. The summed E-state index contributed by atoms with van der Waals surface area (Å²) >= 11 is 0. The van der Waals surface area contributed by atoms with Gasteiger partial charge in [-0.15, -0.1) is 0 Å². The van der Waals surface area contributed by atoms with Crippen LogP contribution < -0.4 is 0 Å². The van der Waals surface area contributed by atoms with E-state index in [1.807, 2.05) is 12.1 Å². The fourth-order valence-electron chi connectivity index (χ4n) is 3.89. The smallest absolute Gasteiger partial charge is 0.167 e. The van der Waals surface area contributed by atoms with E-state index in [0.717, 1.165) is 30.0 Å². The molecule has 0 radical (unpaired) electrons. The molecule has 0 atom stereocenters. The Morgan fingerprint density at radius 2 is 1.68 bits per heavy atom. The molecule has 3 aromatic rings. The minimum atomic E-state index is 0.823.